The minimum Gasteiger partial charge on any atom is -0.467 e. The maximum absolute atomic E-state index is 12.8. The average Bonchev–Trinajstić information content (AvgIpc) is 3.08. The number of methoxy groups -OCH3 is 1. The van der Waals surface area contributed by atoms with Crippen LogP contribution in [0.25, 0.3) is 0 Å². The van der Waals surface area contributed by atoms with Crippen molar-refractivity contribution in [2.24, 2.45) is 0 Å². The summed E-state index contributed by atoms with van der Waals surface area (Å²) in [5.41, 5.74) is 1.50. The van der Waals surface area contributed by atoms with Gasteiger partial charge in [0, 0.05) is 19.2 Å². The standard InChI is InChI=1S/C16H19FN4O3/c1-24-16(23)14(6-13-8-19-10-20-13)21-15(22)9-18-7-11-2-4-12(17)5-3-11/h2-5,8,10,14,18H,6-7,9H2,1H3,(H,19,20)(H,21,22). The fourth-order valence-electron chi connectivity index (χ4n) is 2.12. The fourth-order valence-corrected chi connectivity index (χ4v) is 2.12. The van der Waals surface area contributed by atoms with E-state index in [-0.39, 0.29) is 24.7 Å². The number of amides is 1. The summed E-state index contributed by atoms with van der Waals surface area (Å²) >= 11 is 0. The molecule has 0 radical (unpaired) electrons. The number of nitrogens with one attached hydrogen (secondary N) is 3. The largest absolute Gasteiger partial charge is 0.467 e. The maximum atomic E-state index is 12.8. The summed E-state index contributed by atoms with van der Waals surface area (Å²) in [4.78, 5) is 30.6. The van der Waals surface area contributed by atoms with Crippen LogP contribution in [0, 0.1) is 5.82 Å². The van der Waals surface area contributed by atoms with Crippen molar-refractivity contribution in [3.63, 3.8) is 0 Å². The van der Waals surface area contributed by atoms with Crippen molar-refractivity contribution in [2.75, 3.05) is 13.7 Å². The normalized spacial score (nSPS) is 11.8. The van der Waals surface area contributed by atoms with E-state index in [1.807, 2.05) is 0 Å². The Balaban J connectivity index is 1.81. The number of carbonyl (C=O) groups is 2. The molecule has 3 N–H and O–H groups in total. The van der Waals surface area contributed by atoms with Gasteiger partial charge in [-0.25, -0.2) is 14.2 Å². The predicted molar refractivity (Wildman–Crippen MR) is 84.3 cm³/mol. The Bertz CT molecular complexity index is 658. The molecule has 0 saturated heterocycles. The highest BCUT2D eigenvalue weighted by Gasteiger charge is 2.22. The van der Waals surface area contributed by atoms with E-state index in [2.05, 4.69) is 20.6 Å². The number of nitrogens with zero attached hydrogens (tertiary/aromatic N) is 1. The van der Waals surface area contributed by atoms with Crippen LogP contribution in [0.5, 0.6) is 0 Å². The van der Waals surface area contributed by atoms with Gasteiger partial charge in [-0.1, -0.05) is 12.1 Å². The van der Waals surface area contributed by atoms with E-state index >= 15 is 0 Å². The van der Waals surface area contributed by atoms with Gasteiger partial charge in [0.25, 0.3) is 0 Å². The SMILES string of the molecule is COC(=O)C(Cc1c[nH]cn1)NC(=O)CNCc1ccc(F)cc1. The highest BCUT2D eigenvalue weighted by Crippen LogP contribution is 2.02. The third kappa shape index (κ3) is 5.47. The van der Waals surface area contributed by atoms with Crippen molar-refractivity contribution in [1.82, 2.24) is 20.6 Å². The first kappa shape index (κ1) is 17.6. The number of imidazole rings is 1. The van der Waals surface area contributed by atoms with Gasteiger partial charge in [-0.3, -0.25) is 4.79 Å². The van der Waals surface area contributed by atoms with Crippen molar-refractivity contribution in [3.05, 3.63) is 53.9 Å². The van der Waals surface area contributed by atoms with Gasteiger partial charge in [0.15, 0.2) is 0 Å². The number of hydrogen-bond acceptors (Lipinski definition) is 5. The van der Waals surface area contributed by atoms with Gasteiger partial charge in [0.1, 0.15) is 11.9 Å². The summed E-state index contributed by atoms with van der Waals surface area (Å²) in [5.74, 6) is -1.19. The van der Waals surface area contributed by atoms with Crippen LogP contribution in [0.1, 0.15) is 11.3 Å². The van der Waals surface area contributed by atoms with Gasteiger partial charge in [0.2, 0.25) is 5.91 Å². The van der Waals surface area contributed by atoms with Gasteiger partial charge in [-0.2, -0.15) is 0 Å². The second-order valence-corrected chi connectivity index (χ2v) is 5.14. The zero-order chi connectivity index (χ0) is 17.4. The Hall–Kier alpha value is -2.74. The number of benzene rings is 1. The molecule has 2 rings (SSSR count). The quantitative estimate of drug-likeness (QED) is 0.612. The van der Waals surface area contributed by atoms with E-state index in [0.717, 1.165) is 5.56 Å². The zero-order valence-electron chi connectivity index (χ0n) is 13.2. The second kappa shape index (κ2) is 8.78. The van der Waals surface area contributed by atoms with Crippen molar-refractivity contribution < 1.29 is 18.7 Å². The first-order valence-corrected chi connectivity index (χ1v) is 7.38. The lowest BCUT2D eigenvalue weighted by Crippen LogP contribution is -2.46. The predicted octanol–water partition coefficient (Wildman–Crippen LogP) is 0.539. The van der Waals surface area contributed by atoms with E-state index in [9.17, 15) is 14.0 Å². The van der Waals surface area contributed by atoms with Crippen LogP contribution in [-0.4, -0.2) is 41.5 Å². The first-order valence-electron chi connectivity index (χ1n) is 7.38. The maximum Gasteiger partial charge on any atom is 0.328 e. The molecular formula is C16H19FN4O3. The van der Waals surface area contributed by atoms with E-state index in [1.54, 1.807) is 18.3 Å². The van der Waals surface area contributed by atoms with Gasteiger partial charge in [0.05, 0.1) is 25.7 Å². The van der Waals surface area contributed by atoms with Crippen molar-refractivity contribution in [1.29, 1.82) is 0 Å². The second-order valence-electron chi connectivity index (χ2n) is 5.14. The van der Waals surface area contributed by atoms with E-state index in [1.165, 1.54) is 25.6 Å². The molecule has 128 valence electrons. The molecule has 0 aliphatic carbocycles. The van der Waals surface area contributed by atoms with Crippen LogP contribution in [-0.2, 0) is 27.3 Å². The van der Waals surface area contributed by atoms with Gasteiger partial charge >= 0.3 is 5.97 Å². The number of halogens is 1. The lowest BCUT2D eigenvalue weighted by molar-refractivity contribution is -0.145. The molecule has 0 aliphatic heterocycles. The summed E-state index contributed by atoms with van der Waals surface area (Å²) in [7, 11) is 1.26. The smallest absolute Gasteiger partial charge is 0.328 e. The average molecular weight is 334 g/mol. The van der Waals surface area contributed by atoms with Gasteiger partial charge in [-0.05, 0) is 17.7 Å². The van der Waals surface area contributed by atoms with Crippen LogP contribution in [0.3, 0.4) is 0 Å². The fraction of sp³-hybridized carbons (Fsp3) is 0.312. The number of carbonyl (C=O) groups excluding carboxylic acids is 2. The highest BCUT2D eigenvalue weighted by molar-refractivity contribution is 5.85. The molecule has 1 unspecified atom stereocenters. The van der Waals surface area contributed by atoms with Crippen LogP contribution < -0.4 is 10.6 Å². The lowest BCUT2D eigenvalue weighted by atomic mass is 10.1. The van der Waals surface area contributed by atoms with Crippen LogP contribution in [0.2, 0.25) is 0 Å². The Kier molecular flexibility index (Phi) is 6.44. The third-order valence-corrected chi connectivity index (χ3v) is 3.32. The summed E-state index contributed by atoms with van der Waals surface area (Å²) in [5, 5.41) is 5.55. The summed E-state index contributed by atoms with van der Waals surface area (Å²) < 4.78 is 17.5. The van der Waals surface area contributed by atoms with Crippen molar-refractivity contribution >= 4 is 11.9 Å². The number of aromatic amines is 1. The van der Waals surface area contributed by atoms with Crippen molar-refractivity contribution in [2.45, 2.75) is 19.0 Å². The molecule has 1 aromatic carbocycles. The molecule has 0 spiro atoms. The Labute approximate surface area is 138 Å². The van der Waals surface area contributed by atoms with E-state index in [4.69, 9.17) is 4.74 Å². The topological polar surface area (TPSA) is 96.1 Å². The molecule has 8 heteroatoms. The Morgan fingerprint density at radius 1 is 1.33 bits per heavy atom. The number of ether oxygens (including phenoxy) is 1. The molecular weight excluding hydrogens is 315 g/mol. The molecule has 0 saturated carbocycles. The number of H-pyrrole nitrogens is 1. The molecule has 0 bridgehead atoms. The van der Waals surface area contributed by atoms with Crippen LogP contribution in [0.15, 0.2) is 36.8 Å². The molecule has 1 amide bonds. The Morgan fingerprint density at radius 2 is 2.08 bits per heavy atom. The number of esters is 1. The van der Waals surface area contributed by atoms with Crippen LogP contribution in [0.4, 0.5) is 4.39 Å². The number of aromatic nitrogens is 2. The molecule has 7 nitrogen and oxygen atoms in total. The van der Waals surface area contributed by atoms with E-state index in [0.29, 0.717) is 12.2 Å². The summed E-state index contributed by atoms with van der Waals surface area (Å²) in [6.07, 6.45) is 3.38. The Morgan fingerprint density at radius 3 is 2.71 bits per heavy atom. The molecule has 1 aromatic heterocycles. The number of rotatable bonds is 8. The highest BCUT2D eigenvalue weighted by atomic mass is 19.1. The van der Waals surface area contributed by atoms with Crippen molar-refractivity contribution in [3.8, 4) is 0 Å². The number of hydrogen-bond donors (Lipinski definition) is 3. The molecule has 1 heterocycles. The van der Waals surface area contributed by atoms with Gasteiger partial charge < -0.3 is 20.4 Å². The summed E-state index contributed by atoms with van der Waals surface area (Å²) in [6.45, 7) is 0.432. The van der Waals surface area contributed by atoms with Crippen LogP contribution >= 0.6 is 0 Å². The minimum atomic E-state index is -0.807. The molecule has 2 aromatic rings. The van der Waals surface area contributed by atoms with Gasteiger partial charge in [-0.15, -0.1) is 0 Å². The molecule has 0 fully saturated rings. The lowest BCUT2D eigenvalue weighted by Gasteiger charge is -2.15. The monoisotopic (exact) mass is 334 g/mol. The molecule has 0 aliphatic rings. The third-order valence-electron chi connectivity index (χ3n) is 3.32. The molecule has 1 atom stereocenters. The van der Waals surface area contributed by atoms with E-state index < -0.39 is 12.0 Å². The minimum absolute atomic E-state index is 0.0193. The first-order chi connectivity index (χ1) is 11.6. The molecule has 24 heavy (non-hydrogen) atoms. The summed E-state index contributed by atoms with van der Waals surface area (Å²) in [6, 6.07) is 5.17. The zero-order valence-corrected chi connectivity index (χ0v) is 13.2.